The van der Waals surface area contributed by atoms with Crippen molar-refractivity contribution < 1.29 is 4.79 Å². The largest absolute Gasteiger partial charge is 0.332 e. The van der Waals surface area contributed by atoms with Crippen molar-refractivity contribution >= 4 is 16.8 Å². The number of hydrogen-bond donors (Lipinski definition) is 0. The third-order valence-electron chi connectivity index (χ3n) is 3.96. The summed E-state index contributed by atoms with van der Waals surface area (Å²) in [4.78, 5) is 19.3. The van der Waals surface area contributed by atoms with Gasteiger partial charge in [-0.2, -0.15) is 0 Å². The zero-order valence-corrected chi connectivity index (χ0v) is 13.4. The number of benzene rings is 2. The van der Waals surface area contributed by atoms with Gasteiger partial charge in [-0.25, -0.2) is 0 Å². The minimum absolute atomic E-state index is 0.0439. The smallest absolute Gasteiger partial charge is 0.255 e. The Balaban J connectivity index is 1.97. The first-order chi connectivity index (χ1) is 11.2. The maximum Gasteiger partial charge on any atom is 0.255 e. The Morgan fingerprint density at radius 1 is 1.00 bits per heavy atom. The Labute approximate surface area is 136 Å². The van der Waals surface area contributed by atoms with E-state index in [1.807, 2.05) is 79.4 Å². The van der Waals surface area contributed by atoms with Crippen molar-refractivity contribution in [3.8, 4) is 0 Å². The molecule has 23 heavy (non-hydrogen) atoms. The van der Waals surface area contributed by atoms with Gasteiger partial charge in [0.25, 0.3) is 5.91 Å². The Morgan fingerprint density at radius 3 is 2.43 bits per heavy atom. The number of rotatable bonds is 4. The van der Waals surface area contributed by atoms with Gasteiger partial charge in [0.05, 0.1) is 11.1 Å². The molecule has 116 valence electrons. The molecule has 0 fully saturated rings. The molecule has 0 atom stereocenters. The quantitative estimate of drug-likeness (QED) is 0.720. The summed E-state index contributed by atoms with van der Waals surface area (Å²) in [6.45, 7) is 4.70. The van der Waals surface area contributed by atoms with Crippen LogP contribution >= 0.6 is 0 Å². The van der Waals surface area contributed by atoms with Crippen molar-refractivity contribution in [1.29, 1.82) is 0 Å². The maximum atomic E-state index is 13.1. The Kier molecular flexibility index (Phi) is 4.38. The van der Waals surface area contributed by atoms with Gasteiger partial charge in [0.1, 0.15) is 0 Å². The zero-order chi connectivity index (χ0) is 16.2. The van der Waals surface area contributed by atoms with Crippen LogP contribution in [0.2, 0.25) is 0 Å². The van der Waals surface area contributed by atoms with Gasteiger partial charge in [-0.3, -0.25) is 9.78 Å². The van der Waals surface area contributed by atoms with Gasteiger partial charge in [-0.05, 0) is 31.5 Å². The summed E-state index contributed by atoms with van der Waals surface area (Å²) in [7, 11) is 0. The molecule has 0 spiro atoms. The molecule has 0 unspecified atom stereocenters. The summed E-state index contributed by atoms with van der Waals surface area (Å²) in [5, 5.41) is 0.902. The Morgan fingerprint density at radius 2 is 1.70 bits per heavy atom. The van der Waals surface area contributed by atoms with E-state index in [0.29, 0.717) is 12.1 Å². The molecule has 0 aliphatic carbocycles. The topological polar surface area (TPSA) is 33.2 Å². The fourth-order valence-corrected chi connectivity index (χ4v) is 2.71. The monoisotopic (exact) mass is 304 g/mol. The number of amides is 1. The third-order valence-corrected chi connectivity index (χ3v) is 3.96. The second kappa shape index (κ2) is 6.61. The molecule has 0 bridgehead atoms. The first-order valence-corrected chi connectivity index (χ1v) is 7.85. The van der Waals surface area contributed by atoms with Gasteiger partial charge in [-0.15, -0.1) is 0 Å². The van der Waals surface area contributed by atoms with Crippen molar-refractivity contribution in [2.75, 3.05) is 0 Å². The molecule has 3 aromatic rings. The van der Waals surface area contributed by atoms with E-state index in [9.17, 15) is 4.79 Å². The van der Waals surface area contributed by atoms with Gasteiger partial charge in [-0.1, -0.05) is 48.5 Å². The second-order valence-corrected chi connectivity index (χ2v) is 5.89. The highest BCUT2D eigenvalue weighted by Crippen LogP contribution is 2.20. The van der Waals surface area contributed by atoms with Crippen molar-refractivity contribution in [2.45, 2.75) is 26.4 Å². The van der Waals surface area contributed by atoms with E-state index in [1.54, 1.807) is 6.20 Å². The summed E-state index contributed by atoms with van der Waals surface area (Å²) in [6.07, 6.45) is 1.70. The van der Waals surface area contributed by atoms with E-state index < -0.39 is 0 Å². The van der Waals surface area contributed by atoms with Crippen LogP contribution in [0.15, 0.2) is 66.9 Å². The Bertz CT molecular complexity index is 807. The third kappa shape index (κ3) is 3.24. The zero-order valence-electron chi connectivity index (χ0n) is 13.4. The second-order valence-electron chi connectivity index (χ2n) is 5.89. The van der Waals surface area contributed by atoms with Crippen LogP contribution in [0.3, 0.4) is 0 Å². The first kappa shape index (κ1) is 15.2. The van der Waals surface area contributed by atoms with E-state index in [4.69, 9.17) is 0 Å². The highest BCUT2D eigenvalue weighted by molar-refractivity contribution is 6.06. The highest BCUT2D eigenvalue weighted by atomic mass is 16.2. The highest BCUT2D eigenvalue weighted by Gasteiger charge is 2.21. The van der Waals surface area contributed by atoms with E-state index in [1.165, 1.54) is 0 Å². The number of aromatic nitrogens is 1. The minimum Gasteiger partial charge on any atom is -0.332 e. The Hall–Kier alpha value is -2.68. The fraction of sp³-hybridized carbons (Fsp3) is 0.200. The lowest BCUT2D eigenvalue weighted by Crippen LogP contribution is -2.36. The molecule has 0 saturated heterocycles. The van der Waals surface area contributed by atoms with Gasteiger partial charge < -0.3 is 4.90 Å². The number of pyridine rings is 1. The minimum atomic E-state index is 0.0439. The molecule has 1 amide bonds. The number of para-hydroxylation sites is 1. The molecule has 0 N–H and O–H groups in total. The number of carbonyl (C=O) groups is 1. The molecular formula is C20H20N2O. The average Bonchev–Trinajstić information content (AvgIpc) is 2.59. The summed E-state index contributed by atoms with van der Waals surface area (Å²) in [5.41, 5.74) is 2.69. The molecule has 1 heterocycles. The number of hydrogen-bond acceptors (Lipinski definition) is 2. The standard InChI is InChI=1S/C20H20N2O/c1-15(2)22(14-16-8-4-3-5-9-16)20(23)18-12-13-21-19-11-7-6-10-17(18)19/h3-13,15H,14H2,1-2H3. The van der Waals surface area contributed by atoms with Crippen LogP contribution in [0.1, 0.15) is 29.8 Å². The van der Waals surface area contributed by atoms with Crippen LogP contribution in [0, 0.1) is 0 Å². The summed E-state index contributed by atoms with van der Waals surface area (Å²) < 4.78 is 0. The van der Waals surface area contributed by atoms with Crippen LogP contribution in [0.5, 0.6) is 0 Å². The average molecular weight is 304 g/mol. The fourth-order valence-electron chi connectivity index (χ4n) is 2.71. The van der Waals surface area contributed by atoms with Crippen LogP contribution in [0.25, 0.3) is 10.9 Å². The molecule has 0 aliphatic rings. The number of carbonyl (C=O) groups excluding carboxylic acids is 1. The van der Waals surface area contributed by atoms with Crippen molar-refractivity contribution in [3.05, 3.63) is 78.0 Å². The molecule has 2 aromatic carbocycles. The summed E-state index contributed by atoms with van der Waals surface area (Å²) in [6, 6.07) is 19.8. The summed E-state index contributed by atoms with van der Waals surface area (Å²) in [5.74, 6) is 0.0439. The van der Waals surface area contributed by atoms with Crippen LogP contribution in [-0.2, 0) is 6.54 Å². The lowest BCUT2D eigenvalue weighted by molar-refractivity contribution is 0.0692. The van der Waals surface area contributed by atoms with Crippen molar-refractivity contribution in [3.63, 3.8) is 0 Å². The molecule has 3 heteroatoms. The molecule has 3 nitrogen and oxygen atoms in total. The van der Waals surface area contributed by atoms with E-state index >= 15 is 0 Å². The first-order valence-electron chi connectivity index (χ1n) is 7.85. The predicted molar refractivity (Wildman–Crippen MR) is 93.2 cm³/mol. The number of nitrogens with zero attached hydrogens (tertiary/aromatic N) is 2. The lowest BCUT2D eigenvalue weighted by Gasteiger charge is -2.27. The van der Waals surface area contributed by atoms with Gasteiger partial charge >= 0.3 is 0 Å². The SMILES string of the molecule is CC(C)N(Cc1ccccc1)C(=O)c1ccnc2ccccc12. The van der Waals surface area contributed by atoms with Gasteiger partial charge in [0, 0.05) is 24.2 Å². The van der Waals surface area contributed by atoms with E-state index in [2.05, 4.69) is 4.98 Å². The van der Waals surface area contributed by atoms with Crippen LogP contribution in [0.4, 0.5) is 0 Å². The van der Waals surface area contributed by atoms with E-state index in [-0.39, 0.29) is 11.9 Å². The molecular weight excluding hydrogens is 284 g/mol. The molecule has 0 aliphatic heterocycles. The normalized spacial score (nSPS) is 10.9. The lowest BCUT2D eigenvalue weighted by atomic mass is 10.1. The van der Waals surface area contributed by atoms with E-state index in [0.717, 1.165) is 16.5 Å². The van der Waals surface area contributed by atoms with Crippen molar-refractivity contribution in [1.82, 2.24) is 9.88 Å². The molecule has 0 radical (unpaired) electrons. The van der Waals surface area contributed by atoms with Crippen LogP contribution in [-0.4, -0.2) is 21.8 Å². The molecule has 0 saturated carbocycles. The van der Waals surface area contributed by atoms with Crippen LogP contribution < -0.4 is 0 Å². The van der Waals surface area contributed by atoms with Crippen molar-refractivity contribution in [2.24, 2.45) is 0 Å². The molecule has 1 aromatic heterocycles. The summed E-state index contributed by atoms with van der Waals surface area (Å²) >= 11 is 0. The van der Waals surface area contributed by atoms with Gasteiger partial charge in [0.15, 0.2) is 0 Å². The maximum absolute atomic E-state index is 13.1. The van der Waals surface area contributed by atoms with Gasteiger partial charge in [0.2, 0.25) is 0 Å². The molecule has 3 rings (SSSR count). The number of fused-ring (bicyclic) bond motifs is 1. The predicted octanol–water partition coefficient (Wildman–Crippen LogP) is 4.29.